The molecule has 0 spiro atoms. The van der Waals surface area contributed by atoms with Crippen molar-refractivity contribution in [1.29, 1.82) is 0 Å². The summed E-state index contributed by atoms with van der Waals surface area (Å²) in [6.07, 6.45) is 3.83. The number of benzene rings is 1. The van der Waals surface area contributed by atoms with Gasteiger partial charge in [-0.05, 0) is 50.0 Å². The molecule has 2 nitrogen and oxygen atoms in total. The second-order valence-electron chi connectivity index (χ2n) is 5.55. The zero-order valence-electron chi connectivity index (χ0n) is 13.0. The molecule has 0 aliphatic heterocycles. The lowest BCUT2D eigenvalue weighted by Crippen LogP contribution is -2.25. The van der Waals surface area contributed by atoms with Crippen LogP contribution < -0.4 is 5.32 Å². The third kappa shape index (κ3) is 4.00. The number of rotatable bonds is 4. The number of nitrogens with one attached hydrogen (secondary N) is 1. The van der Waals surface area contributed by atoms with Gasteiger partial charge in [-0.3, -0.25) is 4.79 Å². The lowest BCUT2D eigenvalue weighted by Gasteiger charge is -2.18. The van der Waals surface area contributed by atoms with Crippen LogP contribution >= 0.6 is 11.6 Å². The van der Waals surface area contributed by atoms with Crippen LogP contribution in [0.2, 0.25) is 5.02 Å². The highest BCUT2D eigenvalue weighted by Gasteiger charge is 2.18. The van der Waals surface area contributed by atoms with Gasteiger partial charge in [0.15, 0.2) is 0 Å². The first-order chi connectivity index (χ1) is 10.5. The lowest BCUT2D eigenvalue weighted by molar-refractivity contribution is -0.117. The van der Waals surface area contributed by atoms with Crippen LogP contribution in [0.4, 0.5) is 0 Å². The first kappa shape index (κ1) is 16.4. The maximum atomic E-state index is 12.4. The first-order valence-electron chi connectivity index (χ1n) is 7.28. The van der Waals surface area contributed by atoms with Crippen LogP contribution in [0.3, 0.4) is 0 Å². The Bertz CT molecular complexity index is 689. The van der Waals surface area contributed by atoms with E-state index in [9.17, 15) is 4.79 Å². The minimum Gasteiger partial charge on any atom is -0.347 e. The molecule has 0 unspecified atom stereocenters. The Kier molecular flexibility index (Phi) is 5.43. The number of amides is 1. The number of allylic oxidation sites excluding steroid dienone is 3. The zero-order chi connectivity index (χ0) is 16.1. The van der Waals surface area contributed by atoms with Gasteiger partial charge < -0.3 is 5.32 Å². The Morgan fingerprint density at radius 1 is 1.32 bits per heavy atom. The molecule has 1 aliphatic carbocycles. The summed E-state index contributed by atoms with van der Waals surface area (Å²) in [5, 5.41) is 3.61. The van der Waals surface area contributed by atoms with Crippen LogP contribution in [0, 0.1) is 0 Å². The molecular formula is C19H20ClNO. The molecule has 0 radical (unpaired) electrons. The van der Waals surface area contributed by atoms with Crippen LogP contribution in [-0.2, 0) is 11.3 Å². The van der Waals surface area contributed by atoms with Gasteiger partial charge >= 0.3 is 0 Å². The Hall–Kier alpha value is -2.02. The average Bonchev–Trinajstić information content (AvgIpc) is 2.49. The minimum absolute atomic E-state index is 0.132. The summed E-state index contributed by atoms with van der Waals surface area (Å²) in [4.78, 5) is 12.4. The Morgan fingerprint density at radius 2 is 2.00 bits per heavy atom. The molecule has 0 saturated carbocycles. The molecule has 0 heterocycles. The fourth-order valence-corrected chi connectivity index (χ4v) is 2.69. The number of carbonyl (C=O) groups is 1. The van der Waals surface area contributed by atoms with E-state index in [0.29, 0.717) is 17.1 Å². The largest absolute Gasteiger partial charge is 0.347 e. The molecule has 1 amide bonds. The molecule has 1 N–H and O–H groups in total. The van der Waals surface area contributed by atoms with E-state index in [1.165, 1.54) is 11.1 Å². The maximum Gasteiger partial charge on any atom is 0.259 e. The van der Waals surface area contributed by atoms with Gasteiger partial charge in [0.05, 0.1) is 5.57 Å². The van der Waals surface area contributed by atoms with Gasteiger partial charge in [0.2, 0.25) is 0 Å². The summed E-state index contributed by atoms with van der Waals surface area (Å²) in [7, 11) is 0. The smallest absolute Gasteiger partial charge is 0.259 e. The van der Waals surface area contributed by atoms with Crippen LogP contribution in [0.1, 0.15) is 32.3 Å². The number of carbonyl (C=O) groups excluding carboxylic acids is 1. The maximum absolute atomic E-state index is 12.4. The van der Waals surface area contributed by atoms with Crippen molar-refractivity contribution in [3.8, 4) is 0 Å². The summed E-state index contributed by atoms with van der Waals surface area (Å²) >= 11 is 5.86. The van der Waals surface area contributed by atoms with E-state index in [-0.39, 0.29) is 5.91 Å². The van der Waals surface area contributed by atoms with Crippen LogP contribution in [0.25, 0.3) is 0 Å². The molecule has 22 heavy (non-hydrogen) atoms. The molecular weight excluding hydrogens is 294 g/mol. The Labute approximate surface area is 136 Å². The predicted molar refractivity (Wildman–Crippen MR) is 91.6 cm³/mol. The van der Waals surface area contributed by atoms with Gasteiger partial charge in [-0.1, -0.05) is 47.5 Å². The summed E-state index contributed by atoms with van der Waals surface area (Å²) in [5.74, 6) is -0.132. The minimum atomic E-state index is -0.132. The first-order valence-corrected chi connectivity index (χ1v) is 7.66. The number of hydrogen-bond donors (Lipinski definition) is 1. The monoisotopic (exact) mass is 313 g/mol. The van der Waals surface area contributed by atoms with E-state index in [2.05, 4.69) is 37.6 Å². The van der Waals surface area contributed by atoms with Crippen molar-refractivity contribution in [3.63, 3.8) is 0 Å². The summed E-state index contributed by atoms with van der Waals surface area (Å²) < 4.78 is 0. The van der Waals surface area contributed by atoms with Gasteiger partial charge in [0.25, 0.3) is 5.91 Å². The molecule has 1 aromatic carbocycles. The molecule has 0 bridgehead atoms. The number of halogens is 1. The van der Waals surface area contributed by atoms with Gasteiger partial charge in [-0.2, -0.15) is 0 Å². The summed E-state index contributed by atoms with van der Waals surface area (Å²) in [6, 6.07) is 7.43. The van der Waals surface area contributed by atoms with Gasteiger partial charge in [0, 0.05) is 11.6 Å². The highest BCUT2D eigenvalue weighted by molar-refractivity contribution is 6.30. The van der Waals surface area contributed by atoms with Gasteiger partial charge in [0.1, 0.15) is 0 Å². The van der Waals surface area contributed by atoms with E-state index < -0.39 is 0 Å². The Balaban J connectivity index is 2.06. The molecule has 114 valence electrons. The van der Waals surface area contributed by atoms with Crippen LogP contribution in [0.5, 0.6) is 0 Å². The number of hydrogen-bond acceptors (Lipinski definition) is 1. The molecule has 2 rings (SSSR count). The van der Waals surface area contributed by atoms with Crippen molar-refractivity contribution in [3.05, 3.63) is 75.5 Å². The fourth-order valence-electron chi connectivity index (χ4n) is 2.56. The van der Waals surface area contributed by atoms with Crippen LogP contribution in [-0.4, -0.2) is 5.91 Å². The van der Waals surface area contributed by atoms with Gasteiger partial charge in [-0.25, -0.2) is 0 Å². The molecule has 0 fully saturated rings. The highest BCUT2D eigenvalue weighted by atomic mass is 35.5. The topological polar surface area (TPSA) is 29.1 Å². The van der Waals surface area contributed by atoms with E-state index in [1.54, 1.807) is 0 Å². The quantitative estimate of drug-likeness (QED) is 0.486. The van der Waals surface area contributed by atoms with Crippen molar-refractivity contribution in [2.24, 2.45) is 0 Å². The fraction of sp³-hybridized carbons (Fsp3) is 0.263. The van der Waals surface area contributed by atoms with E-state index in [0.717, 1.165) is 24.0 Å². The molecule has 0 atom stereocenters. The van der Waals surface area contributed by atoms with E-state index in [4.69, 9.17) is 11.6 Å². The second kappa shape index (κ2) is 7.31. The molecule has 3 heteroatoms. The van der Waals surface area contributed by atoms with E-state index >= 15 is 0 Å². The van der Waals surface area contributed by atoms with Crippen molar-refractivity contribution in [2.75, 3.05) is 0 Å². The summed E-state index contributed by atoms with van der Waals surface area (Å²) in [5.41, 5.74) is 7.96. The van der Waals surface area contributed by atoms with Crippen molar-refractivity contribution in [1.82, 2.24) is 5.32 Å². The third-order valence-corrected chi connectivity index (χ3v) is 4.04. The Morgan fingerprint density at radius 3 is 2.59 bits per heavy atom. The molecule has 0 aromatic heterocycles. The highest BCUT2D eigenvalue weighted by Crippen LogP contribution is 2.28. The molecule has 0 saturated heterocycles. The van der Waals surface area contributed by atoms with Crippen LogP contribution in [0.15, 0.2) is 64.9 Å². The SMILES string of the molecule is C=C=C(C(=O)NCc1ccc(Cl)cc1)C1=C(C)CC(C)=CC1. The van der Waals surface area contributed by atoms with E-state index in [1.807, 2.05) is 24.3 Å². The van der Waals surface area contributed by atoms with Crippen molar-refractivity contribution in [2.45, 2.75) is 33.2 Å². The van der Waals surface area contributed by atoms with Crippen molar-refractivity contribution >= 4 is 17.5 Å². The zero-order valence-corrected chi connectivity index (χ0v) is 13.8. The summed E-state index contributed by atoms with van der Waals surface area (Å²) in [6.45, 7) is 8.32. The van der Waals surface area contributed by atoms with Gasteiger partial charge in [-0.15, -0.1) is 5.73 Å². The molecule has 1 aliphatic rings. The second-order valence-corrected chi connectivity index (χ2v) is 5.99. The molecule has 1 aromatic rings. The standard InChI is InChI=1S/C19H20ClNO/c1-4-17(18-10-5-13(2)11-14(18)3)19(22)21-12-15-6-8-16(20)9-7-15/h5-9H,1,10-12H2,2-3H3,(H,21,22). The predicted octanol–water partition coefficient (Wildman–Crippen LogP) is 4.72. The average molecular weight is 314 g/mol. The van der Waals surface area contributed by atoms with Crippen molar-refractivity contribution < 1.29 is 4.79 Å². The third-order valence-electron chi connectivity index (χ3n) is 3.79. The normalized spacial score (nSPS) is 14.2. The lowest BCUT2D eigenvalue weighted by atomic mass is 9.88.